The second kappa shape index (κ2) is 9.07. The number of benzene rings is 1. The van der Waals surface area contributed by atoms with Crippen molar-refractivity contribution >= 4 is 11.6 Å². The summed E-state index contributed by atoms with van der Waals surface area (Å²) in [5, 5.41) is 12.3. The van der Waals surface area contributed by atoms with Gasteiger partial charge in [-0.1, -0.05) is 11.6 Å². The van der Waals surface area contributed by atoms with Gasteiger partial charge in [-0.3, -0.25) is 0 Å². The maximum atomic E-state index is 12.2. The lowest BCUT2D eigenvalue weighted by atomic mass is 10.2. The molecule has 2 N–H and O–H groups in total. The summed E-state index contributed by atoms with van der Waals surface area (Å²) in [4.78, 5) is 0. The van der Waals surface area contributed by atoms with Crippen molar-refractivity contribution in [3.63, 3.8) is 0 Å². The maximum absolute atomic E-state index is 12.2. The van der Waals surface area contributed by atoms with Gasteiger partial charge in [-0.15, -0.1) is 0 Å². The highest BCUT2D eigenvalue weighted by Gasteiger charge is 2.09. The lowest BCUT2D eigenvalue weighted by molar-refractivity contribution is -0.0504. The minimum Gasteiger partial charge on any atom is -0.434 e. The zero-order valence-corrected chi connectivity index (χ0v) is 11.3. The molecular formula is C13H18ClF2NO2. The van der Waals surface area contributed by atoms with E-state index in [1.165, 1.54) is 12.1 Å². The van der Waals surface area contributed by atoms with Crippen molar-refractivity contribution in [3.8, 4) is 5.75 Å². The van der Waals surface area contributed by atoms with Crippen LogP contribution < -0.4 is 10.1 Å². The van der Waals surface area contributed by atoms with Crippen LogP contribution in [0.3, 0.4) is 0 Å². The molecule has 108 valence electrons. The third-order valence-corrected chi connectivity index (χ3v) is 2.80. The number of rotatable bonds is 9. The smallest absolute Gasteiger partial charge is 0.387 e. The molecule has 0 heterocycles. The number of aliphatic hydroxyl groups excluding tert-OH is 1. The van der Waals surface area contributed by atoms with E-state index in [-0.39, 0.29) is 12.4 Å². The van der Waals surface area contributed by atoms with E-state index in [2.05, 4.69) is 10.1 Å². The number of nitrogens with one attached hydrogen (secondary N) is 1. The molecule has 0 atom stereocenters. The van der Waals surface area contributed by atoms with Crippen molar-refractivity contribution in [2.75, 3.05) is 13.2 Å². The van der Waals surface area contributed by atoms with Crippen LogP contribution in [0.25, 0.3) is 0 Å². The first-order valence-corrected chi connectivity index (χ1v) is 6.56. The van der Waals surface area contributed by atoms with E-state index in [0.29, 0.717) is 17.1 Å². The van der Waals surface area contributed by atoms with Crippen LogP contribution in [0.5, 0.6) is 5.75 Å². The average molecular weight is 294 g/mol. The highest BCUT2D eigenvalue weighted by Crippen LogP contribution is 2.24. The Morgan fingerprint density at radius 1 is 1.26 bits per heavy atom. The van der Waals surface area contributed by atoms with E-state index in [0.717, 1.165) is 25.8 Å². The number of alkyl halides is 2. The fourth-order valence-corrected chi connectivity index (χ4v) is 1.85. The molecule has 0 fully saturated rings. The van der Waals surface area contributed by atoms with E-state index in [9.17, 15) is 8.78 Å². The van der Waals surface area contributed by atoms with Gasteiger partial charge < -0.3 is 15.2 Å². The summed E-state index contributed by atoms with van der Waals surface area (Å²) < 4.78 is 28.9. The van der Waals surface area contributed by atoms with Gasteiger partial charge in [-0.2, -0.15) is 8.78 Å². The first-order chi connectivity index (χ1) is 9.13. The fraction of sp³-hybridized carbons (Fsp3) is 0.538. The standard InChI is InChI=1S/C13H18ClF2NO2/c14-11-4-5-12(19-13(15)16)10(8-11)9-17-6-2-1-3-7-18/h4-5,8,13,17-18H,1-3,6-7,9H2. The molecule has 0 saturated carbocycles. The van der Waals surface area contributed by atoms with Crippen LogP contribution in [0.4, 0.5) is 8.78 Å². The lowest BCUT2D eigenvalue weighted by Crippen LogP contribution is -2.16. The van der Waals surface area contributed by atoms with Crippen LogP contribution in [0.2, 0.25) is 5.02 Å². The Morgan fingerprint density at radius 3 is 2.74 bits per heavy atom. The summed E-state index contributed by atoms with van der Waals surface area (Å²) in [5.74, 6) is 0.141. The maximum Gasteiger partial charge on any atom is 0.387 e. The molecule has 0 aromatic heterocycles. The van der Waals surface area contributed by atoms with Crippen LogP contribution in [0.15, 0.2) is 18.2 Å². The van der Waals surface area contributed by atoms with Crippen LogP contribution in [-0.2, 0) is 6.54 Å². The van der Waals surface area contributed by atoms with Crippen LogP contribution in [0, 0.1) is 0 Å². The van der Waals surface area contributed by atoms with Gasteiger partial charge >= 0.3 is 6.61 Å². The molecule has 19 heavy (non-hydrogen) atoms. The molecule has 0 radical (unpaired) electrons. The molecule has 0 bridgehead atoms. The Morgan fingerprint density at radius 2 is 2.05 bits per heavy atom. The molecule has 0 spiro atoms. The zero-order chi connectivity index (χ0) is 14.1. The third-order valence-electron chi connectivity index (χ3n) is 2.57. The third kappa shape index (κ3) is 6.71. The van der Waals surface area contributed by atoms with Crippen molar-refractivity contribution in [1.82, 2.24) is 5.32 Å². The van der Waals surface area contributed by atoms with Crippen LogP contribution in [-0.4, -0.2) is 24.9 Å². The minimum absolute atomic E-state index is 0.141. The molecule has 0 aliphatic carbocycles. The predicted octanol–water partition coefficient (Wildman–Crippen LogP) is 3.19. The summed E-state index contributed by atoms with van der Waals surface area (Å²) in [6.45, 7) is -1.48. The molecule has 0 amide bonds. The number of unbranched alkanes of at least 4 members (excludes halogenated alkanes) is 2. The van der Waals surface area contributed by atoms with E-state index >= 15 is 0 Å². The molecule has 0 aliphatic heterocycles. The quantitative estimate of drug-likeness (QED) is 0.687. The molecule has 1 rings (SSSR count). The molecular weight excluding hydrogens is 276 g/mol. The van der Waals surface area contributed by atoms with E-state index < -0.39 is 6.61 Å². The van der Waals surface area contributed by atoms with E-state index in [1.54, 1.807) is 6.07 Å². The number of halogens is 3. The summed E-state index contributed by atoms with van der Waals surface area (Å²) in [6.07, 6.45) is 2.63. The highest BCUT2D eigenvalue weighted by atomic mass is 35.5. The highest BCUT2D eigenvalue weighted by molar-refractivity contribution is 6.30. The summed E-state index contributed by atoms with van der Waals surface area (Å²) in [5.41, 5.74) is 0.606. The van der Waals surface area contributed by atoms with Gasteiger partial charge in [0.1, 0.15) is 5.75 Å². The lowest BCUT2D eigenvalue weighted by Gasteiger charge is -2.12. The Hall–Kier alpha value is -0.910. The normalized spacial score (nSPS) is 11.0. The SMILES string of the molecule is OCCCCCNCc1cc(Cl)ccc1OC(F)F. The van der Waals surface area contributed by atoms with Gasteiger partial charge in [0.25, 0.3) is 0 Å². The van der Waals surface area contributed by atoms with Gasteiger partial charge in [-0.25, -0.2) is 0 Å². The Balaban J connectivity index is 2.44. The average Bonchev–Trinajstić information content (AvgIpc) is 2.36. The van der Waals surface area contributed by atoms with Crippen molar-refractivity contribution in [2.24, 2.45) is 0 Å². The van der Waals surface area contributed by atoms with E-state index in [1.807, 2.05) is 0 Å². The Labute approximate surface area is 116 Å². The first kappa shape index (κ1) is 16.1. The Kier molecular flexibility index (Phi) is 7.70. The topological polar surface area (TPSA) is 41.5 Å². The monoisotopic (exact) mass is 293 g/mol. The summed E-state index contributed by atoms with van der Waals surface area (Å²) in [6, 6.07) is 4.57. The second-order valence-corrected chi connectivity index (χ2v) is 4.53. The second-order valence-electron chi connectivity index (χ2n) is 4.09. The van der Waals surface area contributed by atoms with Gasteiger partial charge in [0.15, 0.2) is 0 Å². The van der Waals surface area contributed by atoms with Crippen molar-refractivity contribution < 1.29 is 18.6 Å². The van der Waals surface area contributed by atoms with E-state index in [4.69, 9.17) is 16.7 Å². The fourth-order valence-electron chi connectivity index (χ4n) is 1.66. The van der Waals surface area contributed by atoms with Gasteiger partial charge in [0, 0.05) is 23.7 Å². The van der Waals surface area contributed by atoms with Crippen LogP contribution in [0.1, 0.15) is 24.8 Å². The number of hydrogen-bond acceptors (Lipinski definition) is 3. The van der Waals surface area contributed by atoms with Gasteiger partial charge in [0.05, 0.1) is 0 Å². The molecule has 3 nitrogen and oxygen atoms in total. The number of aliphatic hydroxyl groups is 1. The molecule has 1 aromatic carbocycles. The van der Waals surface area contributed by atoms with Crippen molar-refractivity contribution in [2.45, 2.75) is 32.4 Å². The minimum atomic E-state index is -2.84. The van der Waals surface area contributed by atoms with Gasteiger partial charge in [-0.05, 0) is 44.0 Å². The zero-order valence-electron chi connectivity index (χ0n) is 10.5. The molecule has 0 aliphatic rings. The number of hydrogen-bond donors (Lipinski definition) is 2. The molecule has 0 saturated heterocycles. The summed E-state index contributed by atoms with van der Waals surface area (Å²) in [7, 11) is 0. The predicted molar refractivity (Wildman–Crippen MR) is 70.7 cm³/mol. The summed E-state index contributed by atoms with van der Waals surface area (Å²) >= 11 is 5.84. The molecule has 1 aromatic rings. The van der Waals surface area contributed by atoms with Crippen molar-refractivity contribution in [1.29, 1.82) is 0 Å². The largest absolute Gasteiger partial charge is 0.434 e. The van der Waals surface area contributed by atoms with Crippen LogP contribution >= 0.6 is 11.6 Å². The van der Waals surface area contributed by atoms with Crippen molar-refractivity contribution in [3.05, 3.63) is 28.8 Å². The molecule has 6 heteroatoms. The first-order valence-electron chi connectivity index (χ1n) is 6.18. The van der Waals surface area contributed by atoms with Gasteiger partial charge in [0.2, 0.25) is 0 Å². The Bertz CT molecular complexity index is 378. The molecule has 0 unspecified atom stereocenters. The number of ether oxygens (including phenoxy) is 1.